The van der Waals surface area contributed by atoms with Crippen molar-refractivity contribution in [3.8, 4) is 0 Å². The number of hydrogen-bond donors (Lipinski definition) is 2. The molecule has 1 aromatic carbocycles. The number of hydrogen-bond acceptors (Lipinski definition) is 4. The van der Waals surface area contributed by atoms with Crippen molar-refractivity contribution < 1.29 is 9.42 Å². The van der Waals surface area contributed by atoms with E-state index in [2.05, 4.69) is 5.32 Å². The van der Waals surface area contributed by atoms with E-state index in [-0.39, 0.29) is 0 Å². The summed E-state index contributed by atoms with van der Waals surface area (Å²) < 4.78 is 5.26. The molecule has 0 fully saturated rings. The SMILES string of the molecule is CNCCOP(O)(=S)Sc1ccccc1. The smallest absolute Gasteiger partial charge is 0.249 e. The molecular weight excluding hydrogens is 249 g/mol. The Labute approximate surface area is 99.1 Å². The van der Waals surface area contributed by atoms with Gasteiger partial charge >= 0.3 is 0 Å². The van der Waals surface area contributed by atoms with Crippen molar-refractivity contribution in [1.82, 2.24) is 5.32 Å². The van der Waals surface area contributed by atoms with E-state index in [1.807, 2.05) is 37.4 Å². The summed E-state index contributed by atoms with van der Waals surface area (Å²) in [7, 11) is 1.83. The molecule has 1 atom stereocenters. The van der Waals surface area contributed by atoms with E-state index in [0.717, 1.165) is 4.90 Å². The molecule has 0 amide bonds. The predicted molar refractivity (Wildman–Crippen MR) is 68.7 cm³/mol. The number of likely N-dealkylation sites (N-methyl/N-ethyl adjacent to an activating group) is 1. The second-order valence-electron chi connectivity index (χ2n) is 2.81. The third-order valence-corrected chi connectivity index (χ3v) is 5.42. The molecule has 2 N–H and O–H groups in total. The predicted octanol–water partition coefficient (Wildman–Crippen LogP) is 2.23. The Hall–Kier alpha value is 0.100. The molecule has 0 saturated carbocycles. The van der Waals surface area contributed by atoms with Crippen molar-refractivity contribution in [2.75, 3.05) is 20.2 Å². The summed E-state index contributed by atoms with van der Waals surface area (Å²) in [6.07, 6.45) is 0. The Balaban J connectivity index is 2.46. The van der Waals surface area contributed by atoms with Crippen LogP contribution in [-0.2, 0) is 16.3 Å². The molecule has 1 aromatic rings. The highest BCUT2D eigenvalue weighted by Crippen LogP contribution is 2.59. The molecule has 0 radical (unpaired) electrons. The van der Waals surface area contributed by atoms with Crippen LogP contribution in [0.4, 0.5) is 0 Å². The van der Waals surface area contributed by atoms with Gasteiger partial charge < -0.3 is 14.7 Å². The van der Waals surface area contributed by atoms with Gasteiger partial charge in [-0.1, -0.05) is 18.2 Å². The van der Waals surface area contributed by atoms with Gasteiger partial charge in [0.2, 0.25) is 5.69 Å². The van der Waals surface area contributed by atoms with Crippen molar-refractivity contribution >= 4 is 28.9 Å². The maximum absolute atomic E-state index is 9.83. The van der Waals surface area contributed by atoms with Gasteiger partial charge in [0.15, 0.2) is 0 Å². The Kier molecular flexibility index (Phi) is 5.82. The second-order valence-corrected chi connectivity index (χ2v) is 8.87. The third kappa shape index (κ3) is 5.66. The van der Waals surface area contributed by atoms with Crippen molar-refractivity contribution in [3.05, 3.63) is 30.3 Å². The molecule has 0 aliphatic heterocycles. The first-order valence-corrected chi connectivity index (χ1v) is 8.60. The lowest BCUT2D eigenvalue weighted by Gasteiger charge is -2.14. The van der Waals surface area contributed by atoms with Crippen molar-refractivity contribution in [2.24, 2.45) is 0 Å². The summed E-state index contributed by atoms with van der Waals surface area (Å²) in [6, 6.07) is 9.55. The molecule has 0 aromatic heterocycles. The van der Waals surface area contributed by atoms with Gasteiger partial charge in [0.25, 0.3) is 0 Å². The van der Waals surface area contributed by atoms with Gasteiger partial charge in [-0.15, -0.1) is 0 Å². The van der Waals surface area contributed by atoms with Gasteiger partial charge in [-0.25, -0.2) is 0 Å². The molecule has 1 rings (SSSR count). The average molecular weight is 263 g/mol. The maximum atomic E-state index is 9.83. The molecular formula is C9H14NO2PS2. The second kappa shape index (κ2) is 6.63. The van der Waals surface area contributed by atoms with Gasteiger partial charge in [-0.2, -0.15) is 0 Å². The Morgan fingerprint density at radius 1 is 1.47 bits per heavy atom. The van der Waals surface area contributed by atoms with Crippen LogP contribution < -0.4 is 5.32 Å². The minimum atomic E-state index is -2.73. The highest BCUT2D eigenvalue weighted by molar-refractivity contribution is 8.67. The van der Waals surface area contributed by atoms with E-state index in [1.54, 1.807) is 0 Å². The van der Waals surface area contributed by atoms with Gasteiger partial charge in [0, 0.05) is 11.4 Å². The van der Waals surface area contributed by atoms with E-state index >= 15 is 0 Å². The zero-order valence-electron chi connectivity index (χ0n) is 8.42. The third-order valence-electron chi connectivity index (χ3n) is 1.57. The molecule has 0 saturated heterocycles. The molecule has 6 heteroatoms. The number of rotatable bonds is 6. The summed E-state index contributed by atoms with van der Waals surface area (Å²) in [4.78, 5) is 10.8. The molecule has 0 spiro atoms. The van der Waals surface area contributed by atoms with E-state index in [4.69, 9.17) is 16.3 Å². The van der Waals surface area contributed by atoms with Crippen molar-refractivity contribution in [3.63, 3.8) is 0 Å². The fourth-order valence-corrected chi connectivity index (χ4v) is 4.37. The molecule has 3 nitrogen and oxygen atoms in total. The minimum absolute atomic E-state index is 0.435. The monoisotopic (exact) mass is 263 g/mol. The van der Waals surface area contributed by atoms with Crippen LogP contribution in [0.5, 0.6) is 0 Å². The van der Waals surface area contributed by atoms with Crippen LogP contribution in [0.1, 0.15) is 0 Å². The lowest BCUT2D eigenvalue weighted by molar-refractivity contribution is 0.320. The Morgan fingerprint density at radius 2 is 2.13 bits per heavy atom. The fourth-order valence-electron chi connectivity index (χ4n) is 0.904. The average Bonchev–Trinajstić information content (AvgIpc) is 2.18. The standard InChI is InChI=1S/C9H14NO2PS2/c1-10-7-8-12-13(11,14)15-9-5-3-2-4-6-9/h2-6,10H,7-8H2,1H3,(H,11,14). The van der Waals surface area contributed by atoms with Gasteiger partial charge in [0.1, 0.15) is 0 Å². The molecule has 0 aliphatic rings. The van der Waals surface area contributed by atoms with Crippen LogP contribution >= 0.6 is 17.1 Å². The highest BCUT2D eigenvalue weighted by atomic mass is 32.9. The normalized spacial score (nSPS) is 14.8. The highest BCUT2D eigenvalue weighted by Gasteiger charge is 2.15. The first-order valence-electron chi connectivity index (χ1n) is 4.50. The van der Waals surface area contributed by atoms with Gasteiger partial charge in [-0.05, 0) is 42.4 Å². The lowest BCUT2D eigenvalue weighted by Crippen LogP contribution is -2.12. The summed E-state index contributed by atoms with van der Waals surface area (Å²) in [5.74, 6) is 0. The topological polar surface area (TPSA) is 41.5 Å². The van der Waals surface area contributed by atoms with Crippen LogP contribution in [0.25, 0.3) is 0 Å². The van der Waals surface area contributed by atoms with Crippen LogP contribution in [0.3, 0.4) is 0 Å². The van der Waals surface area contributed by atoms with E-state index < -0.39 is 5.69 Å². The van der Waals surface area contributed by atoms with Gasteiger partial charge in [-0.3, -0.25) is 0 Å². The maximum Gasteiger partial charge on any atom is 0.249 e. The van der Waals surface area contributed by atoms with Gasteiger partial charge in [0.05, 0.1) is 6.61 Å². The quantitative estimate of drug-likeness (QED) is 0.608. The minimum Gasteiger partial charge on any atom is -0.337 e. The number of benzene rings is 1. The first kappa shape index (κ1) is 13.2. The number of nitrogens with one attached hydrogen (secondary N) is 1. The molecule has 0 bridgehead atoms. The van der Waals surface area contributed by atoms with Crippen molar-refractivity contribution in [1.29, 1.82) is 0 Å². The van der Waals surface area contributed by atoms with Crippen LogP contribution in [0.2, 0.25) is 0 Å². The van der Waals surface area contributed by atoms with E-state index in [1.165, 1.54) is 11.4 Å². The summed E-state index contributed by atoms with van der Waals surface area (Å²) >= 11 is 6.25. The first-order chi connectivity index (χ1) is 7.14. The lowest BCUT2D eigenvalue weighted by atomic mass is 10.4. The fraction of sp³-hybridized carbons (Fsp3) is 0.333. The van der Waals surface area contributed by atoms with Crippen LogP contribution in [-0.4, -0.2) is 25.1 Å². The molecule has 15 heavy (non-hydrogen) atoms. The van der Waals surface area contributed by atoms with E-state index in [0.29, 0.717) is 13.2 Å². The zero-order chi connectivity index (χ0) is 11.1. The Morgan fingerprint density at radius 3 is 2.73 bits per heavy atom. The van der Waals surface area contributed by atoms with Crippen LogP contribution in [0.15, 0.2) is 35.2 Å². The molecule has 0 aliphatic carbocycles. The molecule has 1 unspecified atom stereocenters. The van der Waals surface area contributed by atoms with Crippen LogP contribution in [0, 0.1) is 0 Å². The van der Waals surface area contributed by atoms with E-state index in [9.17, 15) is 4.89 Å². The summed E-state index contributed by atoms with van der Waals surface area (Å²) in [6.45, 7) is 1.12. The Bertz CT molecular complexity index is 334. The largest absolute Gasteiger partial charge is 0.337 e. The zero-order valence-corrected chi connectivity index (χ0v) is 10.9. The summed E-state index contributed by atoms with van der Waals surface area (Å²) in [5.41, 5.74) is -2.73. The molecule has 0 heterocycles. The van der Waals surface area contributed by atoms with Crippen molar-refractivity contribution in [2.45, 2.75) is 4.90 Å². The molecule has 84 valence electrons. The summed E-state index contributed by atoms with van der Waals surface area (Å²) in [5, 5.41) is 2.93.